The molecule has 0 amide bonds. The lowest BCUT2D eigenvalue weighted by Gasteiger charge is -2.22. The molecule has 1 heteroatoms. The van der Waals surface area contributed by atoms with Crippen molar-refractivity contribution in [1.29, 1.82) is 0 Å². The van der Waals surface area contributed by atoms with E-state index in [1.54, 1.807) is 0 Å². The summed E-state index contributed by atoms with van der Waals surface area (Å²) in [6.45, 7) is 2.08. The maximum atomic E-state index is 9.74. The van der Waals surface area contributed by atoms with Crippen molar-refractivity contribution in [2.45, 2.75) is 32.3 Å². The van der Waals surface area contributed by atoms with E-state index in [4.69, 9.17) is 0 Å². The molecule has 0 bridgehead atoms. The van der Waals surface area contributed by atoms with Crippen molar-refractivity contribution in [1.82, 2.24) is 0 Å². The van der Waals surface area contributed by atoms with Crippen LogP contribution in [0.1, 0.15) is 35.6 Å². The van der Waals surface area contributed by atoms with Crippen LogP contribution in [0.5, 0.6) is 0 Å². The maximum absolute atomic E-state index is 9.74. The monoisotopic (exact) mass is 162 g/mol. The third-order valence-electron chi connectivity index (χ3n) is 2.67. The van der Waals surface area contributed by atoms with E-state index in [0.717, 1.165) is 19.3 Å². The molecule has 0 saturated heterocycles. The Hall–Kier alpha value is -0.820. The fourth-order valence-electron chi connectivity index (χ4n) is 2.07. The van der Waals surface area contributed by atoms with Crippen LogP contribution in [-0.4, -0.2) is 5.11 Å². The molecule has 0 heterocycles. The molecule has 1 aliphatic carbocycles. The summed E-state index contributed by atoms with van der Waals surface area (Å²) in [6.07, 6.45) is 2.97. The van der Waals surface area contributed by atoms with Crippen LogP contribution in [-0.2, 0) is 6.42 Å². The molecule has 1 aromatic carbocycles. The zero-order valence-electron chi connectivity index (χ0n) is 7.38. The smallest absolute Gasteiger partial charge is 0.0795 e. The Morgan fingerprint density at radius 3 is 3.00 bits per heavy atom. The highest BCUT2D eigenvalue weighted by atomic mass is 16.3. The summed E-state index contributed by atoms with van der Waals surface area (Å²) in [7, 11) is 0. The molecular weight excluding hydrogens is 148 g/mol. The second-order valence-electron chi connectivity index (χ2n) is 3.56. The van der Waals surface area contributed by atoms with Gasteiger partial charge in [0, 0.05) is 0 Å². The molecule has 64 valence electrons. The van der Waals surface area contributed by atoms with Crippen molar-refractivity contribution in [3.63, 3.8) is 0 Å². The van der Waals surface area contributed by atoms with Gasteiger partial charge >= 0.3 is 0 Å². The fourth-order valence-corrected chi connectivity index (χ4v) is 2.07. The van der Waals surface area contributed by atoms with Crippen molar-refractivity contribution in [3.05, 3.63) is 34.9 Å². The van der Waals surface area contributed by atoms with Crippen molar-refractivity contribution < 1.29 is 5.11 Å². The second-order valence-corrected chi connectivity index (χ2v) is 3.56. The quantitative estimate of drug-likeness (QED) is 0.621. The van der Waals surface area contributed by atoms with E-state index in [0.29, 0.717) is 0 Å². The molecule has 0 saturated carbocycles. The van der Waals surface area contributed by atoms with Crippen LogP contribution in [0, 0.1) is 6.92 Å². The van der Waals surface area contributed by atoms with Gasteiger partial charge in [0.15, 0.2) is 0 Å². The van der Waals surface area contributed by atoms with Crippen LogP contribution in [0.3, 0.4) is 0 Å². The van der Waals surface area contributed by atoms with Crippen molar-refractivity contribution in [2.24, 2.45) is 0 Å². The summed E-state index contributed by atoms with van der Waals surface area (Å²) >= 11 is 0. The van der Waals surface area contributed by atoms with Gasteiger partial charge in [-0.2, -0.15) is 0 Å². The molecule has 1 aromatic rings. The SMILES string of the molecule is Cc1cccc2c1C(O)CCC2. The highest BCUT2D eigenvalue weighted by Gasteiger charge is 2.18. The van der Waals surface area contributed by atoms with Gasteiger partial charge in [-0.05, 0) is 42.9 Å². The number of aliphatic hydroxyl groups is 1. The number of aryl methyl sites for hydroxylation is 2. The Kier molecular flexibility index (Phi) is 1.89. The zero-order valence-corrected chi connectivity index (χ0v) is 7.38. The summed E-state index contributed by atoms with van der Waals surface area (Å²) < 4.78 is 0. The van der Waals surface area contributed by atoms with Gasteiger partial charge in [-0.25, -0.2) is 0 Å². The van der Waals surface area contributed by atoms with Crippen molar-refractivity contribution in [2.75, 3.05) is 0 Å². The van der Waals surface area contributed by atoms with Gasteiger partial charge in [-0.1, -0.05) is 18.2 Å². The van der Waals surface area contributed by atoms with E-state index >= 15 is 0 Å². The van der Waals surface area contributed by atoms with Gasteiger partial charge in [0.05, 0.1) is 6.10 Å². The average molecular weight is 162 g/mol. The molecule has 0 aromatic heterocycles. The lowest BCUT2D eigenvalue weighted by molar-refractivity contribution is 0.156. The molecule has 1 N–H and O–H groups in total. The first kappa shape index (κ1) is 7.81. The molecule has 1 aliphatic rings. The van der Waals surface area contributed by atoms with Gasteiger partial charge in [0.25, 0.3) is 0 Å². The average Bonchev–Trinajstić information content (AvgIpc) is 2.04. The molecular formula is C11H14O. The van der Waals surface area contributed by atoms with E-state index in [9.17, 15) is 5.11 Å². The van der Waals surface area contributed by atoms with Gasteiger partial charge in [-0.3, -0.25) is 0 Å². The Labute approximate surface area is 73.0 Å². The normalized spacial score (nSPS) is 22.0. The van der Waals surface area contributed by atoms with Crippen LogP contribution in [0.25, 0.3) is 0 Å². The molecule has 0 fully saturated rings. The molecule has 0 spiro atoms. The van der Waals surface area contributed by atoms with E-state index < -0.39 is 0 Å². The van der Waals surface area contributed by atoms with Crippen LogP contribution in [0.4, 0.5) is 0 Å². The van der Waals surface area contributed by atoms with Crippen molar-refractivity contribution >= 4 is 0 Å². The van der Waals surface area contributed by atoms with E-state index in [2.05, 4.69) is 25.1 Å². The maximum Gasteiger partial charge on any atom is 0.0795 e. The Morgan fingerprint density at radius 2 is 2.25 bits per heavy atom. The number of benzene rings is 1. The van der Waals surface area contributed by atoms with Crippen molar-refractivity contribution in [3.8, 4) is 0 Å². The minimum absolute atomic E-state index is 0.213. The summed E-state index contributed by atoms with van der Waals surface area (Å²) in [5, 5.41) is 9.74. The molecule has 1 nitrogen and oxygen atoms in total. The third kappa shape index (κ3) is 1.14. The molecule has 2 rings (SSSR count). The van der Waals surface area contributed by atoms with E-state index in [1.807, 2.05) is 0 Å². The summed E-state index contributed by atoms with van der Waals surface area (Å²) in [5.41, 5.74) is 3.76. The van der Waals surface area contributed by atoms with Crippen LogP contribution < -0.4 is 0 Å². The zero-order chi connectivity index (χ0) is 8.55. The Morgan fingerprint density at radius 1 is 1.42 bits per heavy atom. The van der Waals surface area contributed by atoms with Crippen LogP contribution in [0.2, 0.25) is 0 Å². The first-order valence-corrected chi connectivity index (χ1v) is 4.55. The first-order chi connectivity index (χ1) is 5.79. The predicted octanol–water partition coefficient (Wildman–Crippen LogP) is 2.36. The minimum Gasteiger partial charge on any atom is -0.388 e. The molecule has 0 aliphatic heterocycles. The van der Waals surface area contributed by atoms with E-state index in [1.165, 1.54) is 16.7 Å². The first-order valence-electron chi connectivity index (χ1n) is 4.55. The highest BCUT2D eigenvalue weighted by molar-refractivity contribution is 5.37. The number of fused-ring (bicyclic) bond motifs is 1. The van der Waals surface area contributed by atoms with Gasteiger partial charge in [0.2, 0.25) is 0 Å². The van der Waals surface area contributed by atoms with Gasteiger partial charge < -0.3 is 5.11 Å². The number of aliphatic hydroxyl groups excluding tert-OH is 1. The minimum atomic E-state index is -0.213. The largest absolute Gasteiger partial charge is 0.388 e. The molecule has 1 unspecified atom stereocenters. The third-order valence-corrected chi connectivity index (χ3v) is 2.67. The van der Waals surface area contributed by atoms with E-state index in [-0.39, 0.29) is 6.10 Å². The standard InChI is InChI=1S/C11H14O/c1-8-4-2-5-9-6-3-7-10(12)11(8)9/h2,4-5,10,12H,3,6-7H2,1H3. The fraction of sp³-hybridized carbons (Fsp3) is 0.455. The number of hydrogen-bond donors (Lipinski definition) is 1. The second kappa shape index (κ2) is 2.91. The topological polar surface area (TPSA) is 20.2 Å². The molecule has 12 heavy (non-hydrogen) atoms. The summed E-state index contributed by atoms with van der Waals surface area (Å²) in [5.74, 6) is 0. The van der Waals surface area contributed by atoms with Crippen LogP contribution >= 0.6 is 0 Å². The van der Waals surface area contributed by atoms with Gasteiger partial charge in [-0.15, -0.1) is 0 Å². The lowest BCUT2D eigenvalue weighted by Crippen LogP contribution is -2.10. The lowest BCUT2D eigenvalue weighted by atomic mass is 9.87. The Bertz CT molecular complexity index is 291. The number of rotatable bonds is 0. The molecule has 1 atom stereocenters. The van der Waals surface area contributed by atoms with Gasteiger partial charge in [0.1, 0.15) is 0 Å². The highest BCUT2D eigenvalue weighted by Crippen LogP contribution is 2.31. The summed E-state index contributed by atoms with van der Waals surface area (Å²) in [4.78, 5) is 0. The Balaban J connectivity index is 2.53. The molecule has 0 radical (unpaired) electrons. The van der Waals surface area contributed by atoms with Crippen LogP contribution in [0.15, 0.2) is 18.2 Å². The number of hydrogen-bond acceptors (Lipinski definition) is 1. The summed E-state index contributed by atoms with van der Waals surface area (Å²) in [6, 6.07) is 6.28. The predicted molar refractivity (Wildman–Crippen MR) is 49.1 cm³/mol.